The van der Waals surface area contributed by atoms with Crippen LogP contribution in [0.2, 0.25) is 0 Å². The van der Waals surface area contributed by atoms with Gasteiger partial charge in [0.2, 0.25) is 11.9 Å². The van der Waals surface area contributed by atoms with Crippen LogP contribution in [0.15, 0.2) is 69.0 Å². The molecule has 0 unspecified atom stereocenters. The van der Waals surface area contributed by atoms with E-state index in [0.717, 1.165) is 83.2 Å². The minimum absolute atomic E-state index is 0. The van der Waals surface area contributed by atoms with E-state index in [-0.39, 0.29) is 5.48 Å². The van der Waals surface area contributed by atoms with E-state index in [9.17, 15) is 9.59 Å². The summed E-state index contributed by atoms with van der Waals surface area (Å²) in [4.78, 5) is 35.0. The zero-order chi connectivity index (χ0) is 52.8. The second-order valence-electron chi connectivity index (χ2n) is 15.0. The van der Waals surface area contributed by atoms with Crippen molar-refractivity contribution in [3.63, 3.8) is 0 Å². The van der Waals surface area contributed by atoms with Gasteiger partial charge in [0.15, 0.2) is 12.2 Å². The third kappa shape index (κ3) is 23.3. The molecule has 400 valence electrons. The number of hydrogen-bond acceptors (Lipinski definition) is 18. The number of guanidine groups is 2. The Balaban J connectivity index is 0.000000947. The lowest BCUT2D eigenvalue weighted by Crippen LogP contribution is -2.48. The molecule has 8 atom stereocenters. The Bertz CT molecular complexity index is 2090. The molecule has 27 nitrogen and oxygen atoms in total. The van der Waals surface area contributed by atoms with E-state index in [1.165, 1.54) is 12.8 Å². The van der Waals surface area contributed by atoms with Crippen LogP contribution in [0.25, 0.3) is 21.8 Å². The maximum atomic E-state index is 10.1. The number of hydrogen-bond donors (Lipinski definition) is 18. The number of nitrogens with two attached hydrogens (primary N) is 2. The highest BCUT2D eigenvalue weighted by Gasteiger charge is 2.35. The Hall–Kier alpha value is -6.50. The van der Waals surface area contributed by atoms with Crippen LogP contribution in [0.1, 0.15) is 63.5 Å². The lowest BCUT2D eigenvalue weighted by molar-refractivity contribution is -0.164. The summed E-state index contributed by atoms with van der Waals surface area (Å²) in [5.41, 5.74) is 21.0. The fraction of sp³-hybridized carbons (Fsp3) is 0.500. The van der Waals surface area contributed by atoms with Gasteiger partial charge in [-0.15, -0.1) is 0 Å². The molecule has 2 aromatic heterocycles. The zero-order valence-corrected chi connectivity index (χ0v) is 39.9. The van der Waals surface area contributed by atoms with Gasteiger partial charge in [-0.25, -0.2) is 20.4 Å². The van der Waals surface area contributed by atoms with Crippen molar-refractivity contribution in [2.45, 2.75) is 101 Å². The van der Waals surface area contributed by atoms with Gasteiger partial charge in [0.25, 0.3) is 0 Å². The van der Waals surface area contributed by atoms with Crippen molar-refractivity contribution in [3.05, 3.63) is 59.9 Å². The first-order valence-corrected chi connectivity index (χ1v) is 21.9. The molecule has 0 spiro atoms. The highest BCUT2D eigenvalue weighted by Crippen LogP contribution is 2.23. The van der Waals surface area contributed by atoms with Gasteiger partial charge < -0.3 is 97.7 Å². The minimum atomic E-state index is -2.20. The van der Waals surface area contributed by atoms with Crippen molar-refractivity contribution >= 4 is 58.1 Å². The topological polar surface area (TPSA) is 484 Å². The van der Waals surface area contributed by atoms with Gasteiger partial charge in [0.05, 0.1) is 39.9 Å². The summed E-state index contributed by atoms with van der Waals surface area (Å²) in [6, 6.07) is 11.7. The number of aliphatic hydroxyl groups excluding tert-OH is 10. The van der Waals surface area contributed by atoms with Gasteiger partial charge in [0.1, 0.15) is 48.1 Å². The Morgan fingerprint density at radius 3 is 1.27 bits per heavy atom. The summed E-state index contributed by atoms with van der Waals surface area (Å²) in [6.07, 6.45) is -1.69. The third-order valence-electron chi connectivity index (χ3n) is 9.71. The predicted octanol–water partition coefficient (Wildman–Crippen LogP) is -2.60. The number of unbranched alkanes of at least 4 members (excludes halogenated alkanes) is 4. The lowest BCUT2D eigenvalue weighted by atomic mass is 10.0. The number of aliphatic carboxylic acids is 2. The number of rotatable bonds is 24. The summed E-state index contributed by atoms with van der Waals surface area (Å²) in [5, 5.41) is 114. The van der Waals surface area contributed by atoms with Crippen LogP contribution < -0.4 is 31.8 Å². The number of benzene rings is 2. The van der Waals surface area contributed by atoms with Crippen molar-refractivity contribution in [2.75, 3.05) is 40.5 Å². The molecule has 2 aromatic carbocycles. The molecule has 27 heteroatoms. The van der Waals surface area contributed by atoms with Crippen LogP contribution in [-0.4, -0.2) is 202 Å². The van der Waals surface area contributed by atoms with E-state index in [2.05, 4.69) is 54.9 Å². The van der Waals surface area contributed by atoms with Crippen LogP contribution in [0, 0.1) is 0 Å². The number of fused-ring (bicyclic) bond motifs is 2. The fourth-order valence-corrected chi connectivity index (χ4v) is 5.58. The van der Waals surface area contributed by atoms with E-state index in [4.69, 9.17) is 82.2 Å². The molecular weight excluding hydrogens is 941 g/mol. The molecular formula is C44H72N10O17. The number of nitrogens with one attached hydrogen (secondary N) is 4. The van der Waals surface area contributed by atoms with E-state index in [1.54, 1.807) is 26.6 Å². The van der Waals surface area contributed by atoms with Crippen LogP contribution >= 0.6 is 0 Å². The van der Waals surface area contributed by atoms with Gasteiger partial charge in [0, 0.05) is 58.4 Å². The molecule has 0 amide bonds. The molecule has 0 bridgehead atoms. The molecule has 2 heterocycles. The van der Waals surface area contributed by atoms with E-state index in [0.29, 0.717) is 11.9 Å². The number of aliphatic hydroxyl groups is 10. The number of carboxylic acid groups (broad SMARTS) is 2. The van der Waals surface area contributed by atoms with Crippen LogP contribution in [0.5, 0.6) is 11.5 Å². The Morgan fingerprint density at radius 1 is 0.620 bits per heavy atom. The highest BCUT2D eigenvalue weighted by molar-refractivity contribution is 6.00. The van der Waals surface area contributed by atoms with Gasteiger partial charge in [-0.3, -0.25) is 9.98 Å². The number of carboxylic acids is 2. The first-order valence-electron chi connectivity index (χ1n) is 21.9. The molecule has 0 aliphatic heterocycles. The van der Waals surface area contributed by atoms with Crippen LogP contribution in [-0.2, 0) is 9.59 Å². The SMILES string of the molecule is CCCCCN=C(N)N/N=C\c1c[nH]c2ccc(OC)cc12.CCCCCN=C(N)N/N=C\c1c[nH]c2ccc(OC)cc12.O.O=C(O)[C@H](O)[C@@H](O)[C@H](O)[C@H](O)CO.O=C(O)[C@H](O)[C@@H](O)[C@H](O)[C@H](O)CO. The van der Waals surface area contributed by atoms with Crippen molar-refractivity contribution in [3.8, 4) is 11.5 Å². The maximum absolute atomic E-state index is 10.1. The first-order chi connectivity index (χ1) is 33.3. The number of methoxy groups -OCH3 is 2. The normalized spacial score (nSPS) is 15.0. The molecule has 4 aromatic rings. The molecule has 0 radical (unpaired) electrons. The van der Waals surface area contributed by atoms with E-state index < -0.39 is 74.0 Å². The highest BCUT2D eigenvalue weighted by atomic mass is 16.5. The largest absolute Gasteiger partial charge is 0.497 e. The molecule has 0 aliphatic rings. The second-order valence-corrected chi connectivity index (χ2v) is 15.0. The number of aromatic amines is 2. The van der Waals surface area contributed by atoms with Crippen molar-refractivity contribution in [2.24, 2.45) is 31.7 Å². The number of aromatic nitrogens is 2. The van der Waals surface area contributed by atoms with Gasteiger partial charge in [-0.1, -0.05) is 39.5 Å². The van der Waals surface area contributed by atoms with Crippen LogP contribution in [0.3, 0.4) is 0 Å². The predicted molar refractivity (Wildman–Crippen MR) is 264 cm³/mol. The maximum Gasteiger partial charge on any atom is 0.335 e. The average Bonchev–Trinajstić information content (AvgIpc) is 3.97. The van der Waals surface area contributed by atoms with Crippen molar-refractivity contribution in [1.82, 2.24) is 20.8 Å². The standard InChI is InChI=1S/2C16H23N5O.2C6H12O7.H2O/c2*1-3-4-5-8-18-16(17)21-20-11-12-10-19-15-7-6-13(22-2)9-14(12)15;2*7-1-2(8)3(9)4(10)5(11)6(12)13;/h2*6-7,9-11,19H,3-5,8H2,1-2H3,(H3,17,18,21);2*2-5,7-11H,1H2,(H,12,13);1H2/b2*20-11-;;;/t;;2*2-,3-,4+,5-;/m..11./s1. The van der Waals surface area contributed by atoms with Gasteiger partial charge in [-0.05, 0) is 49.2 Å². The number of ether oxygens (including phenoxy) is 2. The monoisotopic (exact) mass is 1010 g/mol. The second kappa shape index (κ2) is 35.6. The summed E-state index contributed by atoms with van der Waals surface area (Å²) < 4.78 is 10.5. The lowest BCUT2D eigenvalue weighted by Gasteiger charge is -2.23. The van der Waals surface area contributed by atoms with E-state index >= 15 is 0 Å². The quantitative estimate of drug-likeness (QED) is 0.0148. The number of aliphatic imine (C=N–C) groups is 2. The molecule has 0 saturated carbocycles. The molecule has 0 saturated heterocycles. The molecule has 0 fully saturated rings. The Morgan fingerprint density at radius 2 is 0.972 bits per heavy atom. The molecule has 0 aliphatic carbocycles. The van der Waals surface area contributed by atoms with Gasteiger partial charge >= 0.3 is 11.9 Å². The zero-order valence-electron chi connectivity index (χ0n) is 39.9. The molecule has 22 N–H and O–H groups in total. The Labute approximate surface area is 408 Å². The smallest absolute Gasteiger partial charge is 0.335 e. The van der Waals surface area contributed by atoms with Gasteiger partial charge in [-0.2, -0.15) is 10.2 Å². The fourth-order valence-electron chi connectivity index (χ4n) is 5.58. The Kier molecular flexibility index (Phi) is 32.3. The number of hydrazone groups is 2. The third-order valence-corrected chi connectivity index (χ3v) is 9.71. The van der Waals surface area contributed by atoms with Crippen molar-refractivity contribution < 1.29 is 85.8 Å². The summed E-state index contributed by atoms with van der Waals surface area (Å²) in [6.45, 7) is 4.09. The van der Waals surface area contributed by atoms with Crippen LogP contribution in [0.4, 0.5) is 0 Å². The first kappa shape index (κ1) is 64.5. The van der Waals surface area contributed by atoms with E-state index in [1.807, 2.05) is 48.8 Å². The minimum Gasteiger partial charge on any atom is -0.497 e. The number of H-pyrrole nitrogens is 2. The summed E-state index contributed by atoms with van der Waals surface area (Å²) in [7, 11) is 3.30. The van der Waals surface area contributed by atoms with Crippen molar-refractivity contribution in [1.29, 1.82) is 0 Å². The average molecular weight is 1010 g/mol. The molecule has 4 rings (SSSR count). The molecule has 71 heavy (non-hydrogen) atoms. The summed E-state index contributed by atoms with van der Waals surface area (Å²) in [5.74, 6) is -1.15. The summed E-state index contributed by atoms with van der Waals surface area (Å²) >= 11 is 0. The number of nitrogens with zero attached hydrogens (tertiary/aromatic N) is 4. The number of carbonyl (C=O) groups is 2.